The van der Waals surface area contributed by atoms with Gasteiger partial charge in [0.05, 0.1) is 6.04 Å². The second kappa shape index (κ2) is 7.96. The minimum Gasteiger partial charge on any atom is -0.351 e. The molecule has 1 saturated heterocycles. The molecule has 2 atom stereocenters. The Labute approximate surface area is 103 Å². The van der Waals surface area contributed by atoms with E-state index in [-0.39, 0.29) is 11.9 Å². The molecule has 1 rings (SSSR count). The van der Waals surface area contributed by atoms with E-state index in [0.717, 1.165) is 25.1 Å². The molecule has 0 spiro atoms. The molecule has 2 N–H and O–H groups in total. The van der Waals surface area contributed by atoms with E-state index in [1.165, 1.54) is 19.3 Å². The largest absolute Gasteiger partial charge is 0.351 e. The fraction of sp³-hybridized carbons (Fsp3) is 0.917. The molecule has 0 aliphatic carbocycles. The summed E-state index contributed by atoms with van der Waals surface area (Å²) in [7, 11) is 0. The van der Waals surface area contributed by atoms with Gasteiger partial charge in [0.1, 0.15) is 0 Å². The van der Waals surface area contributed by atoms with E-state index in [4.69, 9.17) is 0 Å². The third kappa shape index (κ3) is 4.74. The van der Waals surface area contributed by atoms with Crippen LogP contribution in [-0.2, 0) is 4.79 Å². The van der Waals surface area contributed by atoms with Gasteiger partial charge < -0.3 is 10.6 Å². The van der Waals surface area contributed by atoms with Gasteiger partial charge in [-0.25, -0.2) is 0 Å². The van der Waals surface area contributed by atoms with Gasteiger partial charge in [-0.2, -0.15) is 11.8 Å². The highest BCUT2D eigenvalue weighted by atomic mass is 32.2. The molecule has 1 fully saturated rings. The lowest BCUT2D eigenvalue weighted by molar-refractivity contribution is -0.123. The molecular formula is C12H24N2OS. The van der Waals surface area contributed by atoms with Crippen LogP contribution in [0.5, 0.6) is 0 Å². The molecule has 2 unspecified atom stereocenters. The molecule has 0 radical (unpaired) electrons. The average Bonchev–Trinajstić information content (AvgIpc) is 2.56. The Morgan fingerprint density at radius 1 is 1.50 bits per heavy atom. The monoisotopic (exact) mass is 244 g/mol. The van der Waals surface area contributed by atoms with Crippen molar-refractivity contribution in [2.24, 2.45) is 0 Å². The summed E-state index contributed by atoms with van der Waals surface area (Å²) in [5, 5.41) is 6.48. The summed E-state index contributed by atoms with van der Waals surface area (Å²) in [4.78, 5) is 12.0. The maximum absolute atomic E-state index is 12.0. The highest BCUT2D eigenvalue weighted by Gasteiger charge is 2.21. The van der Waals surface area contributed by atoms with Crippen LogP contribution in [0.2, 0.25) is 0 Å². The summed E-state index contributed by atoms with van der Waals surface area (Å²) < 4.78 is 0. The molecule has 1 amide bonds. The first-order valence-corrected chi connectivity index (χ1v) is 7.70. The molecule has 1 heterocycles. The maximum atomic E-state index is 12.0. The highest BCUT2D eigenvalue weighted by molar-refractivity contribution is 7.98. The molecule has 0 aromatic heterocycles. The number of carbonyl (C=O) groups is 1. The third-order valence-corrected chi connectivity index (χ3v) is 3.82. The molecule has 4 heteroatoms. The van der Waals surface area contributed by atoms with Gasteiger partial charge in [-0.05, 0) is 32.1 Å². The van der Waals surface area contributed by atoms with Crippen LogP contribution < -0.4 is 10.6 Å². The quantitative estimate of drug-likeness (QED) is 0.774. The van der Waals surface area contributed by atoms with Crippen LogP contribution in [0.25, 0.3) is 0 Å². The Morgan fingerprint density at radius 3 is 3.00 bits per heavy atom. The molecule has 0 saturated carbocycles. The number of hydrogen-bond donors (Lipinski definition) is 2. The summed E-state index contributed by atoms with van der Waals surface area (Å²) >= 11 is 1.79. The molecule has 0 aromatic carbocycles. The molecule has 0 aromatic rings. The van der Waals surface area contributed by atoms with Crippen molar-refractivity contribution in [1.29, 1.82) is 0 Å². The minimum atomic E-state index is 0.0402. The Kier molecular flexibility index (Phi) is 6.88. The van der Waals surface area contributed by atoms with Crippen LogP contribution >= 0.6 is 11.8 Å². The fourth-order valence-electron chi connectivity index (χ4n) is 2.02. The molecule has 16 heavy (non-hydrogen) atoms. The van der Waals surface area contributed by atoms with Crippen molar-refractivity contribution in [1.82, 2.24) is 10.6 Å². The maximum Gasteiger partial charge on any atom is 0.237 e. The highest BCUT2D eigenvalue weighted by Crippen LogP contribution is 2.09. The van der Waals surface area contributed by atoms with Gasteiger partial charge in [-0.15, -0.1) is 0 Å². The van der Waals surface area contributed by atoms with Crippen molar-refractivity contribution in [3.8, 4) is 0 Å². The number of amides is 1. The first kappa shape index (κ1) is 13.8. The van der Waals surface area contributed by atoms with E-state index in [9.17, 15) is 4.79 Å². The van der Waals surface area contributed by atoms with Crippen molar-refractivity contribution < 1.29 is 4.79 Å². The second-order valence-electron chi connectivity index (χ2n) is 4.43. The van der Waals surface area contributed by atoms with Gasteiger partial charge in [0.2, 0.25) is 5.91 Å². The topological polar surface area (TPSA) is 41.1 Å². The van der Waals surface area contributed by atoms with Crippen molar-refractivity contribution in [3.05, 3.63) is 0 Å². The Morgan fingerprint density at radius 2 is 2.31 bits per heavy atom. The van der Waals surface area contributed by atoms with Gasteiger partial charge in [0, 0.05) is 11.8 Å². The van der Waals surface area contributed by atoms with Gasteiger partial charge in [0.15, 0.2) is 0 Å². The predicted molar refractivity (Wildman–Crippen MR) is 70.9 cm³/mol. The lowest BCUT2D eigenvalue weighted by Crippen LogP contribution is -2.48. The van der Waals surface area contributed by atoms with E-state index in [1.807, 2.05) is 0 Å². The zero-order chi connectivity index (χ0) is 11.8. The van der Waals surface area contributed by atoms with Gasteiger partial charge >= 0.3 is 0 Å². The lowest BCUT2D eigenvalue weighted by atomic mass is 10.1. The van der Waals surface area contributed by atoms with Crippen LogP contribution in [0.15, 0.2) is 0 Å². The number of rotatable bonds is 5. The predicted octanol–water partition coefficient (Wildman–Crippen LogP) is 1.78. The Bertz CT molecular complexity index is 203. The first-order valence-electron chi connectivity index (χ1n) is 6.30. The smallest absolute Gasteiger partial charge is 0.237 e. The van der Waals surface area contributed by atoms with Gasteiger partial charge in [-0.3, -0.25) is 4.79 Å². The molecule has 1 aliphatic heterocycles. The number of hydrogen-bond acceptors (Lipinski definition) is 3. The van der Waals surface area contributed by atoms with Crippen LogP contribution in [-0.4, -0.2) is 36.5 Å². The van der Waals surface area contributed by atoms with E-state index in [0.29, 0.717) is 6.04 Å². The van der Waals surface area contributed by atoms with Gasteiger partial charge in [-0.1, -0.05) is 19.8 Å². The third-order valence-electron chi connectivity index (χ3n) is 3.08. The van der Waals surface area contributed by atoms with E-state index in [2.05, 4.69) is 23.8 Å². The summed E-state index contributed by atoms with van der Waals surface area (Å²) in [6.45, 7) is 3.11. The first-order chi connectivity index (χ1) is 7.77. The zero-order valence-corrected chi connectivity index (χ0v) is 11.2. The Balaban J connectivity index is 2.36. The van der Waals surface area contributed by atoms with E-state index in [1.54, 1.807) is 11.8 Å². The van der Waals surface area contributed by atoms with Crippen molar-refractivity contribution in [2.75, 3.05) is 18.6 Å². The fourth-order valence-corrected chi connectivity index (χ4v) is 2.74. The van der Waals surface area contributed by atoms with Crippen molar-refractivity contribution in [3.63, 3.8) is 0 Å². The lowest BCUT2D eigenvalue weighted by Gasteiger charge is -2.21. The van der Waals surface area contributed by atoms with Gasteiger partial charge in [0.25, 0.3) is 0 Å². The standard InChI is InChI=1S/C12H24N2OS/c1-3-10(9-16-2)14-12(15)11-7-5-4-6-8-13-11/h10-11,13H,3-9H2,1-2H3,(H,14,15). The SMILES string of the molecule is CCC(CSC)NC(=O)C1CCCCCN1. The molecule has 0 bridgehead atoms. The number of carbonyl (C=O) groups excluding carboxylic acids is 1. The number of thioether (sulfide) groups is 1. The Hall–Kier alpha value is -0.220. The van der Waals surface area contributed by atoms with Crippen molar-refractivity contribution >= 4 is 17.7 Å². The van der Waals surface area contributed by atoms with E-state index < -0.39 is 0 Å². The summed E-state index contributed by atoms with van der Waals surface area (Å²) in [5.41, 5.74) is 0. The second-order valence-corrected chi connectivity index (χ2v) is 5.34. The molecular weight excluding hydrogens is 220 g/mol. The summed E-state index contributed by atoms with van der Waals surface area (Å²) in [5.74, 6) is 1.21. The molecule has 3 nitrogen and oxygen atoms in total. The van der Waals surface area contributed by atoms with Crippen LogP contribution in [0.1, 0.15) is 39.0 Å². The molecule has 1 aliphatic rings. The van der Waals surface area contributed by atoms with E-state index >= 15 is 0 Å². The van der Waals surface area contributed by atoms with Crippen LogP contribution in [0.3, 0.4) is 0 Å². The summed E-state index contributed by atoms with van der Waals surface area (Å²) in [6, 6.07) is 0.367. The average molecular weight is 244 g/mol. The number of nitrogens with one attached hydrogen (secondary N) is 2. The zero-order valence-electron chi connectivity index (χ0n) is 10.4. The minimum absolute atomic E-state index is 0.0402. The molecule has 94 valence electrons. The normalized spacial score (nSPS) is 23.5. The summed E-state index contributed by atoms with van der Waals surface area (Å²) in [6.07, 6.45) is 7.70. The van der Waals surface area contributed by atoms with Crippen LogP contribution in [0, 0.1) is 0 Å². The van der Waals surface area contributed by atoms with Crippen LogP contribution in [0.4, 0.5) is 0 Å². The van der Waals surface area contributed by atoms with Crippen molar-refractivity contribution in [2.45, 2.75) is 51.1 Å².